The molecule has 116 valence electrons. The summed E-state index contributed by atoms with van der Waals surface area (Å²) < 4.78 is 13.0. The predicted molar refractivity (Wildman–Crippen MR) is 82.6 cm³/mol. The summed E-state index contributed by atoms with van der Waals surface area (Å²) in [5.74, 6) is 0.240. The van der Waals surface area contributed by atoms with Crippen LogP contribution in [0.3, 0.4) is 0 Å². The van der Waals surface area contributed by atoms with Crippen LogP contribution >= 0.6 is 11.3 Å². The van der Waals surface area contributed by atoms with Gasteiger partial charge in [-0.05, 0) is 19.3 Å². The first-order valence-corrected chi connectivity index (χ1v) is 8.36. The standard InChI is InChI=1S/C14H17FN6S/c15-11-6-16-12(17-7-11)20-5-3-14(8-20)2-1-4-21(9-14)13-19-18-10-22-13/h6-7,10H,1-5,8-9H2/t14-/m1/s1. The highest BCUT2D eigenvalue weighted by Crippen LogP contribution is 2.41. The number of anilines is 2. The Morgan fingerprint density at radius 2 is 1.91 bits per heavy atom. The molecular weight excluding hydrogens is 303 g/mol. The average Bonchev–Trinajstić information content (AvgIpc) is 3.19. The van der Waals surface area contributed by atoms with Crippen LogP contribution in [0.1, 0.15) is 19.3 Å². The Bertz CT molecular complexity index is 633. The fourth-order valence-corrected chi connectivity index (χ4v) is 4.17. The van der Waals surface area contributed by atoms with E-state index in [2.05, 4.69) is 30.0 Å². The third-order valence-electron chi connectivity index (χ3n) is 4.61. The average molecular weight is 320 g/mol. The zero-order valence-electron chi connectivity index (χ0n) is 12.2. The van der Waals surface area contributed by atoms with E-state index in [1.54, 1.807) is 16.8 Å². The molecule has 0 radical (unpaired) electrons. The van der Waals surface area contributed by atoms with E-state index in [1.165, 1.54) is 18.8 Å². The fourth-order valence-electron chi connectivity index (χ4n) is 3.58. The molecule has 0 aliphatic carbocycles. The fraction of sp³-hybridized carbons (Fsp3) is 0.571. The molecule has 4 rings (SSSR count). The first-order chi connectivity index (χ1) is 10.7. The highest BCUT2D eigenvalue weighted by molar-refractivity contribution is 7.13. The monoisotopic (exact) mass is 320 g/mol. The summed E-state index contributed by atoms with van der Waals surface area (Å²) >= 11 is 1.59. The van der Waals surface area contributed by atoms with E-state index in [9.17, 15) is 4.39 Å². The molecule has 1 spiro atoms. The summed E-state index contributed by atoms with van der Waals surface area (Å²) in [6.07, 6.45) is 5.96. The number of hydrogen-bond donors (Lipinski definition) is 0. The zero-order chi connectivity index (χ0) is 15.0. The molecule has 8 heteroatoms. The summed E-state index contributed by atoms with van der Waals surface area (Å²) in [6.45, 7) is 3.90. The van der Waals surface area contributed by atoms with Crippen molar-refractivity contribution in [2.24, 2.45) is 5.41 Å². The molecule has 6 nitrogen and oxygen atoms in total. The largest absolute Gasteiger partial charge is 0.346 e. The van der Waals surface area contributed by atoms with E-state index in [4.69, 9.17) is 0 Å². The van der Waals surface area contributed by atoms with Crippen LogP contribution in [0.25, 0.3) is 0 Å². The lowest BCUT2D eigenvalue weighted by atomic mass is 9.79. The maximum Gasteiger partial charge on any atom is 0.225 e. The molecule has 2 aromatic rings. The van der Waals surface area contributed by atoms with Crippen LogP contribution in [-0.2, 0) is 0 Å². The lowest BCUT2D eigenvalue weighted by Crippen LogP contribution is -2.45. The van der Waals surface area contributed by atoms with Gasteiger partial charge in [-0.15, -0.1) is 10.2 Å². The van der Waals surface area contributed by atoms with Crippen LogP contribution in [0.4, 0.5) is 15.5 Å². The van der Waals surface area contributed by atoms with Crippen LogP contribution in [0.2, 0.25) is 0 Å². The molecule has 2 fully saturated rings. The van der Waals surface area contributed by atoms with Crippen molar-refractivity contribution >= 4 is 22.4 Å². The minimum Gasteiger partial charge on any atom is -0.346 e. The molecule has 0 N–H and O–H groups in total. The SMILES string of the molecule is Fc1cnc(N2CC[C@]3(CCCN(c4nncs4)C3)C2)nc1. The number of piperidine rings is 1. The quantitative estimate of drug-likeness (QED) is 0.843. The summed E-state index contributed by atoms with van der Waals surface area (Å²) in [5, 5.41) is 9.15. The molecular formula is C14H17FN6S. The van der Waals surface area contributed by atoms with Crippen molar-refractivity contribution in [3.05, 3.63) is 23.7 Å². The van der Waals surface area contributed by atoms with Crippen LogP contribution in [-0.4, -0.2) is 46.3 Å². The molecule has 22 heavy (non-hydrogen) atoms. The Morgan fingerprint density at radius 1 is 1.09 bits per heavy atom. The molecule has 0 unspecified atom stereocenters. The van der Waals surface area contributed by atoms with E-state index in [0.717, 1.165) is 44.2 Å². The second-order valence-electron chi connectivity index (χ2n) is 6.12. The highest BCUT2D eigenvalue weighted by atomic mass is 32.1. The number of nitrogens with zero attached hydrogens (tertiary/aromatic N) is 6. The van der Waals surface area contributed by atoms with Crippen molar-refractivity contribution in [1.82, 2.24) is 20.2 Å². The van der Waals surface area contributed by atoms with E-state index >= 15 is 0 Å². The molecule has 2 saturated heterocycles. The van der Waals surface area contributed by atoms with Crippen LogP contribution in [0.15, 0.2) is 17.9 Å². The van der Waals surface area contributed by atoms with Gasteiger partial charge in [-0.3, -0.25) is 0 Å². The van der Waals surface area contributed by atoms with Gasteiger partial charge >= 0.3 is 0 Å². The molecule has 0 amide bonds. The molecule has 1 atom stereocenters. The molecule has 2 aliphatic heterocycles. The van der Waals surface area contributed by atoms with Crippen molar-refractivity contribution < 1.29 is 4.39 Å². The van der Waals surface area contributed by atoms with Gasteiger partial charge in [0, 0.05) is 31.6 Å². The summed E-state index contributed by atoms with van der Waals surface area (Å²) in [4.78, 5) is 12.7. The summed E-state index contributed by atoms with van der Waals surface area (Å²) in [7, 11) is 0. The smallest absolute Gasteiger partial charge is 0.225 e. The second kappa shape index (κ2) is 5.42. The van der Waals surface area contributed by atoms with Gasteiger partial charge in [-0.2, -0.15) is 0 Å². The summed E-state index contributed by atoms with van der Waals surface area (Å²) in [5.41, 5.74) is 2.03. The third kappa shape index (κ3) is 2.51. The van der Waals surface area contributed by atoms with Crippen molar-refractivity contribution in [2.45, 2.75) is 19.3 Å². The lowest BCUT2D eigenvalue weighted by Gasteiger charge is -2.40. The van der Waals surface area contributed by atoms with Gasteiger partial charge in [-0.1, -0.05) is 11.3 Å². The van der Waals surface area contributed by atoms with Crippen molar-refractivity contribution in [1.29, 1.82) is 0 Å². The minimum atomic E-state index is -0.391. The first-order valence-electron chi connectivity index (χ1n) is 7.48. The molecule has 2 aliphatic rings. The normalized spacial score (nSPS) is 25.1. The number of hydrogen-bond acceptors (Lipinski definition) is 7. The van der Waals surface area contributed by atoms with Crippen LogP contribution < -0.4 is 9.80 Å². The van der Waals surface area contributed by atoms with Gasteiger partial charge in [0.25, 0.3) is 0 Å². The second-order valence-corrected chi connectivity index (χ2v) is 6.93. The summed E-state index contributed by atoms with van der Waals surface area (Å²) in [6, 6.07) is 0. The maximum atomic E-state index is 13.0. The molecule has 4 heterocycles. The van der Waals surface area contributed by atoms with Gasteiger partial charge < -0.3 is 9.80 Å². The number of rotatable bonds is 2. The topological polar surface area (TPSA) is 58.0 Å². The first kappa shape index (κ1) is 13.8. The van der Waals surface area contributed by atoms with Gasteiger partial charge in [0.1, 0.15) is 5.51 Å². The van der Waals surface area contributed by atoms with E-state index in [0.29, 0.717) is 5.95 Å². The van der Waals surface area contributed by atoms with Crippen LogP contribution in [0.5, 0.6) is 0 Å². The van der Waals surface area contributed by atoms with Crippen molar-refractivity contribution in [2.75, 3.05) is 36.0 Å². The predicted octanol–water partition coefficient (Wildman–Crippen LogP) is 1.96. The van der Waals surface area contributed by atoms with Crippen molar-refractivity contribution in [3.63, 3.8) is 0 Å². The minimum absolute atomic E-state index is 0.252. The molecule has 0 saturated carbocycles. The Morgan fingerprint density at radius 3 is 2.68 bits per heavy atom. The van der Waals surface area contributed by atoms with E-state index in [-0.39, 0.29) is 5.41 Å². The van der Waals surface area contributed by atoms with Gasteiger partial charge in [0.15, 0.2) is 5.82 Å². The number of halogens is 1. The van der Waals surface area contributed by atoms with Gasteiger partial charge in [-0.25, -0.2) is 14.4 Å². The Kier molecular flexibility index (Phi) is 3.40. The molecule has 0 bridgehead atoms. The molecule has 2 aromatic heterocycles. The number of aromatic nitrogens is 4. The third-order valence-corrected chi connectivity index (χ3v) is 5.36. The highest BCUT2D eigenvalue weighted by Gasteiger charge is 2.42. The van der Waals surface area contributed by atoms with Crippen molar-refractivity contribution in [3.8, 4) is 0 Å². The zero-order valence-corrected chi connectivity index (χ0v) is 13.0. The Balaban J connectivity index is 1.49. The molecule has 0 aromatic carbocycles. The Hall–Kier alpha value is -1.83. The maximum absolute atomic E-state index is 13.0. The lowest BCUT2D eigenvalue weighted by molar-refractivity contribution is 0.263. The van der Waals surface area contributed by atoms with Gasteiger partial charge in [0.05, 0.1) is 12.4 Å². The van der Waals surface area contributed by atoms with E-state index in [1.807, 2.05) is 0 Å². The van der Waals surface area contributed by atoms with Crippen LogP contribution in [0, 0.1) is 11.2 Å². The van der Waals surface area contributed by atoms with Gasteiger partial charge in [0.2, 0.25) is 11.1 Å². The van der Waals surface area contributed by atoms with E-state index < -0.39 is 5.82 Å². The Labute approximate surface area is 132 Å².